The maximum Gasteiger partial charge on any atom is 0.400 e. The second kappa shape index (κ2) is 18.7. The molecule has 3 fully saturated rings. The number of benzene rings is 4. The van der Waals surface area contributed by atoms with Gasteiger partial charge in [0.1, 0.15) is 10.8 Å². The fourth-order valence-corrected chi connectivity index (χ4v) is 9.00. The van der Waals surface area contributed by atoms with Gasteiger partial charge in [-0.3, -0.25) is 0 Å². The molecule has 0 spiro atoms. The van der Waals surface area contributed by atoms with Crippen LogP contribution in [0, 0.1) is 0 Å². The minimum atomic E-state index is -4.42. The Labute approximate surface area is 365 Å². The minimum absolute atomic E-state index is 0.0491. The molecule has 4 aromatic carbocycles. The Kier molecular flexibility index (Phi) is 14.2. The first kappa shape index (κ1) is 45.7. The lowest BCUT2D eigenvalue weighted by atomic mass is 9.79. The molecule has 4 heterocycles. The van der Waals surface area contributed by atoms with Gasteiger partial charge in [-0.2, -0.15) is 26.3 Å². The number of methoxy groups -OCH3 is 1. The van der Waals surface area contributed by atoms with Crippen molar-refractivity contribution in [2.24, 2.45) is 0 Å². The van der Waals surface area contributed by atoms with Crippen molar-refractivity contribution in [3.8, 4) is 5.69 Å². The van der Waals surface area contributed by atoms with Gasteiger partial charge in [0.05, 0.1) is 6.10 Å². The minimum Gasteiger partial charge on any atom is -0.399 e. The van der Waals surface area contributed by atoms with Crippen LogP contribution in [-0.2, 0) is 20.3 Å². The van der Waals surface area contributed by atoms with E-state index in [0.717, 1.165) is 24.2 Å². The van der Waals surface area contributed by atoms with Gasteiger partial charge in [-0.15, -0.1) is 0 Å². The molecule has 0 saturated carbocycles. The number of alkyl halides is 6. The van der Waals surface area contributed by atoms with Crippen molar-refractivity contribution >= 4 is 63.5 Å². The van der Waals surface area contributed by atoms with Crippen LogP contribution < -0.4 is 15.5 Å². The summed E-state index contributed by atoms with van der Waals surface area (Å²) >= 11 is 23.8. The fourth-order valence-electron chi connectivity index (χ4n) is 7.95. The largest absolute Gasteiger partial charge is 0.400 e. The molecule has 6 nitrogen and oxygen atoms in total. The summed E-state index contributed by atoms with van der Waals surface area (Å²) in [6, 6.07) is 26.5. The van der Waals surface area contributed by atoms with Crippen LogP contribution in [0.25, 0.3) is 5.69 Å². The van der Waals surface area contributed by atoms with E-state index in [-0.39, 0.29) is 70.0 Å². The van der Waals surface area contributed by atoms with E-state index in [0.29, 0.717) is 24.0 Å². The van der Waals surface area contributed by atoms with Gasteiger partial charge in [0, 0.05) is 94.9 Å². The van der Waals surface area contributed by atoms with Crippen LogP contribution in [0.1, 0.15) is 43.7 Å². The lowest BCUT2D eigenvalue weighted by Crippen LogP contribution is -2.44. The summed E-state index contributed by atoms with van der Waals surface area (Å²) in [5.41, 5.74) is 4.86. The maximum absolute atomic E-state index is 14.2. The summed E-state index contributed by atoms with van der Waals surface area (Å²) in [5.74, 6) is 0. The van der Waals surface area contributed by atoms with Crippen molar-refractivity contribution in [2.75, 3.05) is 48.8 Å². The lowest BCUT2D eigenvalue weighted by Gasteiger charge is -2.33. The number of nitrogen functional groups attached to an aromatic ring is 1. The smallest absolute Gasteiger partial charge is 0.399 e. The number of anilines is 3. The zero-order chi connectivity index (χ0) is 43.5. The van der Waals surface area contributed by atoms with Crippen molar-refractivity contribution in [3.05, 3.63) is 141 Å². The molecule has 0 amide bonds. The van der Waals surface area contributed by atoms with Crippen molar-refractivity contribution in [1.82, 2.24) is 4.57 Å². The zero-order valence-corrected chi connectivity index (χ0v) is 35.7. The van der Waals surface area contributed by atoms with E-state index < -0.39 is 23.2 Å². The maximum atomic E-state index is 14.2. The van der Waals surface area contributed by atoms with Gasteiger partial charge in [-0.05, 0) is 134 Å². The average molecular weight is 917 g/mol. The third-order valence-corrected chi connectivity index (χ3v) is 12.2. The third kappa shape index (κ3) is 10.3. The van der Waals surface area contributed by atoms with Gasteiger partial charge in [-0.1, -0.05) is 46.4 Å². The molecule has 5 aromatic rings. The van der Waals surface area contributed by atoms with Crippen LogP contribution in [0.4, 0.5) is 43.4 Å². The molecule has 60 heavy (non-hydrogen) atoms. The number of rotatable bonds is 6. The van der Waals surface area contributed by atoms with Crippen LogP contribution in [0.5, 0.6) is 0 Å². The average Bonchev–Trinajstić information content (AvgIpc) is 4.02. The molecule has 2 N–H and O–H groups in total. The Balaban J connectivity index is 0.000000171. The molecule has 4 unspecified atom stereocenters. The topological polar surface area (TPSA) is 55.9 Å². The molecule has 322 valence electrons. The summed E-state index contributed by atoms with van der Waals surface area (Å²) in [7, 11) is 1.68. The normalized spacial score (nSPS) is 22.9. The van der Waals surface area contributed by atoms with Crippen LogP contribution in [-0.4, -0.2) is 62.6 Å². The molecule has 16 heteroatoms. The molecule has 3 aliphatic heterocycles. The van der Waals surface area contributed by atoms with Gasteiger partial charge in [0.15, 0.2) is 6.29 Å². The Bertz CT molecular complexity index is 2150. The Hall–Kier alpha value is -3.78. The molecule has 0 bridgehead atoms. The predicted molar refractivity (Wildman–Crippen MR) is 229 cm³/mol. The number of hydrogen-bond donors (Lipinski definition) is 1. The monoisotopic (exact) mass is 914 g/mol. The molecule has 8 rings (SSSR count). The second-order valence-electron chi connectivity index (χ2n) is 15.2. The Morgan fingerprint density at radius 1 is 0.633 bits per heavy atom. The number of hydrogen-bond acceptors (Lipinski definition) is 5. The highest BCUT2D eigenvalue weighted by Gasteiger charge is 2.60. The standard InChI is InChI=1S/C21H17Cl2F3N2.C17H15Cl2F3N2.C6H12O2/c22-16-11-15(12-17(23)13-16)20(21(24,25)26)7-10-28(14-20)19-5-3-18(4-6-19)27-8-1-2-9-27;18-12-7-11(8-13(19)9-12)16(17(20,21)22)5-6-24(10-16)15-3-1-14(23)2-4-15;1-5-3-4-6(7-2)8-5/h1-6,8-9,11-13H,7,10,14H2;1-4,7-9H,5-6,10,23H2;5-6H,3-4H2,1-2H3. The number of nitrogens with two attached hydrogens (primary N) is 1. The van der Waals surface area contributed by atoms with Gasteiger partial charge in [0.25, 0.3) is 0 Å². The highest BCUT2D eigenvalue weighted by atomic mass is 35.5. The second-order valence-corrected chi connectivity index (χ2v) is 17.0. The number of aromatic nitrogens is 1. The summed E-state index contributed by atoms with van der Waals surface area (Å²) in [4.78, 5) is 3.48. The van der Waals surface area contributed by atoms with E-state index in [4.69, 9.17) is 61.6 Å². The van der Waals surface area contributed by atoms with Crippen LogP contribution in [0.2, 0.25) is 20.1 Å². The molecular formula is C44H44Cl4F6N4O2. The summed E-state index contributed by atoms with van der Waals surface area (Å²) in [5, 5.41) is 0.820. The first-order valence-electron chi connectivity index (χ1n) is 19.2. The van der Waals surface area contributed by atoms with E-state index in [1.165, 1.54) is 36.4 Å². The molecule has 0 aliphatic carbocycles. The number of halogens is 10. The Morgan fingerprint density at radius 3 is 1.38 bits per heavy atom. The van der Waals surface area contributed by atoms with Gasteiger partial charge in [-0.25, -0.2) is 0 Å². The number of nitrogens with zero attached hydrogens (tertiary/aromatic N) is 3. The summed E-state index contributed by atoms with van der Waals surface area (Å²) in [6.45, 7) is 2.30. The van der Waals surface area contributed by atoms with Gasteiger partial charge < -0.3 is 29.6 Å². The summed E-state index contributed by atoms with van der Waals surface area (Å²) < 4.78 is 96.7. The van der Waals surface area contributed by atoms with E-state index in [2.05, 4.69) is 6.92 Å². The Morgan fingerprint density at radius 2 is 1.03 bits per heavy atom. The lowest BCUT2D eigenvalue weighted by molar-refractivity contribution is -0.185. The molecule has 1 aromatic heterocycles. The predicted octanol–water partition coefficient (Wildman–Crippen LogP) is 12.9. The van der Waals surface area contributed by atoms with E-state index in [1.807, 2.05) is 53.4 Å². The van der Waals surface area contributed by atoms with Crippen molar-refractivity contribution in [1.29, 1.82) is 0 Å². The molecular weight excluding hydrogens is 872 g/mol. The SMILES string of the molecule is COC1CCC(C)O1.FC(F)(F)C1(c2cc(Cl)cc(Cl)c2)CCN(c2ccc(-n3cccc3)cc2)C1.Nc1ccc(N2CCC(c3cc(Cl)cc(Cl)c3)(C(F)(F)F)C2)cc1. The quantitative estimate of drug-likeness (QED) is 0.136. The molecule has 0 radical (unpaired) electrons. The number of ether oxygens (including phenoxy) is 2. The van der Waals surface area contributed by atoms with Crippen molar-refractivity contribution in [2.45, 2.75) is 68.2 Å². The third-order valence-electron chi connectivity index (χ3n) is 11.3. The van der Waals surface area contributed by atoms with Crippen LogP contribution in [0.3, 0.4) is 0 Å². The molecule has 3 saturated heterocycles. The van der Waals surface area contributed by atoms with E-state index >= 15 is 0 Å². The molecule has 4 atom stereocenters. The highest BCUT2D eigenvalue weighted by molar-refractivity contribution is 6.35. The van der Waals surface area contributed by atoms with Gasteiger partial charge in [0.2, 0.25) is 0 Å². The van der Waals surface area contributed by atoms with Gasteiger partial charge >= 0.3 is 12.4 Å². The van der Waals surface area contributed by atoms with Crippen molar-refractivity contribution in [3.63, 3.8) is 0 Å². The highest BCUT2D eigenvalue weighted by Crippen LogP contribution is 2.51. The first-order chi connectivity index (χ1) is 28.3. The van der Waals surface area contributed by atoms with Crippen LogP contribution >= 0.6 is 46.4 Å². The van der Waals surface area contributed by atoms with E-state index in [9.17, 15) is 26.3 Å². The summed E-state index contributed by atoms with van der Waals surface area (Å²) in [6.07, 6.45) is -2.43. The fraction of sp³-hybridized carbons (Fsp3) is 0.364. The molecule has 3 aliphatic rings. The van der Waals surface area contributed by atoms with Crippen LogP contribution in [0.15, 0.2) is 109 Å². The van der Waals surface area contributed by atoms with E-state index in [1.54, 1.807) is 41.2 Å². The first-order valence-corrected chi connectivity index (χ1v) is 20.7. The van der Waals surface area contributed by atoms with Crippen molar-refractivity contribution < 1.29 is 35.8 Å². The zero-order valence-electron chi connectivity index (χ0n) is 32.7.